The molecule has 1 amide bonds. The van der Waals surface area contributed by atoms with E-state index in [-0.39, 0.29) is 11.3 Å². The predicted molar refractivity (Wildman–Crippen MR) is 48.7 cm³/mol. The van der Waals surface area contributed by atoms with Gasteiger partial charge in [-0.3, -0.25) is 9.52 Å². The van der Waals surface area contributed by atoms with E-state index >= 15 is 0 Å². The first-order valence-electron chi connectivity index (χ1n) is 4.12. The van der Waals surface area contributed by atoms with Crippen LogP contribution in [0.25, 0.3) is 0 Å². The Morgan fingerprint density at radius 1 is 1.58 bits per heavy atom. The van der Waals surface area contributed by atoms with Gasteiger partial charge in [0, 0.05) is 12.2 Å². The Labute approximate surface area is 75.5 Å². The minimum absolute atomic E-state index is 0.0872. The molecule has 0 radical (unpaired) electrons. The van der Waals surface area contributed by atoms with Crippen molar-refractivity contribution in [2.75, 3.05) is 5.75 Å². The van der Waals surface area contributed by atoms with Crippen LogP contribution in [0.5, 0.6) is 0 Å². The lowest BCUT2D eigenvalue weighted by Gasteiger charge is -2.35. The molecule has 70 valence electrons. The number of amides is 1. The van der Waals surface area contributed by atoms with Crippen LogP contribution in [0.1, 0.15) is 27.2 Å². The van der Waals surface area contributed by atoms with Crippen molar-refractivity contribution in [2.45, 2.75) is 27.2 Å². The number of rotatable bonds is 1. The molecule has 2 atom stereocenters. The summed E-state index contributed by atoms with van der Waals surface area (Å²) in [6.45, 7) is 6.15. The third-order valence-corrected chi connectivity index (χ3v) is 4.02. The Kier molecular flexibility index (Phi) is 2.56. The van der Waals surface area contributed by atoms with Gasteiger partial charge in [-0.25, -0.2) is 4.21 Å². The van der Waals surface area contributed by atoms with Crippen LogP contribution in [-0.4, -0.2) is 15.9 Å². The van der Waals surface area contributed by atoms with Crippen molar-refractivity contribution >= 4 is 16.9 Å². The Morgan fingerprint density at radius 3 is 2.58 bits per heavy atom. The Balaban J connectivity index is 2.78. The number of hydrogen-bond acceptors (Lipinski definition) is 2. The van der Waals surface area contributed by atoms with Crippen LogP contribution in [0.3, 0.4) is 0 Å². The van der Waals surface area contributed by atoms with E-state index in [1.165, 1.54) is 0 Å². The van der Waals surface area contributed by atoms with E-state index in [4.69, 9.17) is 0 Å². The van der Waals surface area contributed by atoms with Crippen molar-refractivity contribution in [1.82, 2.24) is 4.72 Å². The molecule has 0 saturated carbocycles. The first-order chi connectivity index (χ1) is 5.44. The standard InChI is InChI=1S/C8H15NO2S/c1-6(2)8(3)4-7(10)9-12(11)5-8/h6H,4-5H2,1-3H3,(H,9,10). The molecule has 1 rings (SSSR count). The Hall–Kier alpha value is -0.380. The van der Waals surface area contributed by atoms with Crippen molar-refractivity contribution in [2.24, 2.45) is 11.3 Å². The largest absolute Gasteiger partial charge is 0.275 e. The van der Waals surface area contributed by atoms with Gasteiger partial charge in [0.1, 0.15) is 11.0 Å². The van der Waals surface area contributed by atoms with Gasteiger partial charge in [0.25, 0.3) is 0 Å². The van der Waals surface area contributed by atoms with E-state index in [9.17, 15) is 9.00 Å². The molecule has 0 aromatic rings. The van der Waals surface area contributed by atoms with Crippen molar-refractivity contribution in [3.63, 3.8) is 0 Å². The van der Waals surface area contributed by atoms with Gasteiger partial charge >= 0.3 is 0 Å². The van der Waals surface area contributed by atoms with Crippen LogP contribution in [0.4, 0.5) is 0 Å². The number of carbonyl (C=O) groups excluding carboxylic acids is 1. The molecule has 0 bridgehead atoms. The van der Waals surface area contributed by atoms with E-state index in [2.05, 4.69) is 18.6 Å². The SMILES string of the molecule is CC(C)C1(C)CC(=O)NS(=O)C1. The van der Waals surface area contributed by atoms with Crippen LogP contribution >= 0.6 is 0 Å². The van der Waals surface area contributed by atoms with E-state index in [0.29, 0.717) is 18.1 Å². The van der Waals surface area contributed by atoms with E-state index < -0.39 is 11.0 Å². The second kappa shape index (κ2) is 3.17. The molecule has 12 heavy (non-hydrogen) atoms. The monoisotopic (exact) mass is 189 g/mol. The second-order valence-corrected chi connectivity index (χ2v) is 5.18. The van der Waals surface area contributed by atoms with Crippen LogP contribution in [0, 0.1) is 11.3 Å². The Bertz CT molecular complexity index is 209. The summed E-state index contributed by atoms with van der Waals surface area (Å²) < 4.78 is 13.6. The molecular weight excluding hydrogens is 174 g/mol. The maximum absolute atomic E-state index is 11.2. The summed E-state index contributed by atoms with van der Waals surface area (Å²) in [4.78, 5) is 11.1. The zero-order chi connectivity index (χ0) is 9.35. The molecular formula is C8H15NO2S. The fraction of sp³-hybridized carbons (Fsp3) is 0.875. The fourth-order valence-corrected chi connectivity index (χ4v) is 2.72. The number of nitrogens with one attached hydrogen (secondary N) is 1. The summed E-state index contributed by atoms with van der Waals surface area (Å²) in [7, 11) is -1.16. The quantitative estimate of drug-likeness (QED) is 0.664. The molecule has 1 aliphatic rings. The maximum Gasteiger partial charge on any atom is 0.232 e. The molecule has 1 saturated heterocycles. The van der Waals surface area contributed by atoms with Crippen molar-refractivity contribution in [3.8, 4) is 0 Å². The first kappa shape index (κ1) is 9.71. The lowest BCUT2D eigenvalue weighted by Crippen LogP contribution is -2.45. The van der Waals surface area contributed by atoms with Crippen LogP contribution in [0.15, 0.2) is 0 Å². The van der Waals surface area contributed by atoms with Gasteiger partial charge in [-0.05, 0) is 11.3 Å². The zero-order valence-corrected chi connectivity index (χ0v) is 8.53. The molecule has 0 aromatic carbocycles. The minimum atomic E-state index is -1.16. The molecule has 0 aromatic heterocycles. The zero-order valence-electron chi connectivity index (χ0n) is 7.72. The summed E-state index contributed by atoms with van der Waals surface area (Å²) >= 11 is 0. The molecule has 2 unspecified atom stereocenters. The highest BCUT2D eigenvalue weighted by Gasteiger charge is 2.37. The highest BCUT2D eigenvalue weighted by atomic mass is 32.2. The molecule has 3 nitrogen and oxygen atoms in total. The van der Waals surface area contributed by atoms with Crippen molar-refractivity contribution < 1.29 is 9.00 Å². The van der Waals surface area contributed by atoms with Gasteiger partial charge in [-0.2, -0.15) is 0 Å². The first-order valence-corrected chi connectivity index (χ1v) is 5.44. The van der Waals surface area contributed by atoms with E-state index in [1.807, 2.05) is 6.92 Å². The highest BCUT2D eigenvalue weighted by molar-refractivity contribution is 7.83. The summed E-state index contributed by atoms with van der Waals surface area (Å²) in [5.74, 6) is 0.888. The molecule has 1 N–H and O–H groups in total. The smallest absolute Gasteiger partial charge is 0.232 e. The topological polar surface area (TPSA) is 46.2 Å². The average Bonchev–Trinajstić information content (AvgIpc) is 1.82. The van der Waals surface area contributed by atoms with Crippen LogP contribution in [-0.2, 0) is 15.8 Å². The van der Waals surface area contributed by atoms with Crippen LogP contribution in [0.2, 0.25) is 0 Å². The predicted octanol–water partition coefficient (Wildman–Crippen LogP) is 0.832. The van der Waals surface area contributed by atoms with Crippen molar-refractivity contribution in [3.05, 3.63) is 0 Å². The van der Waals surface area contributed by atoms with Crippen molar-refractivity contribution in [1.29, 1.82) is 0 Å². The molecule has 4 heteroatoms. The molecule has 1 fully saturated rings. The number of hydrogen-bond donors (Lipinski definition) is 1. The lowest BCUT2D eigenvalue weighted by molar-refractivity contribution is -0.122. The van der Waals surface area contributed by atoms with Gasteiger partial charge in [0.2, 0.25) is 5.91 Å². The summed E-state index contributed by atoms with van der Waals surface area (Å²) in [6.07, 6.45) is 0.496. The second-order valence-electron chi connectivity index (χ2n) is 4.00. The van der Waals surface area contributed by atoms with Gasteiger partial charge < -0.3 is 0 Å². The summed E-state index contributed by atoms with van der Waals surface area (Å²) in [5, 5.41) is 0. The molecule has 0 spiro atoms. The van der Waals surface area contributed by atoms with Gasteiger partial charge in [0.15, 0.2) is 0 Å². The van der Waals surface area contributed by atoms with E-state index in [0.717, 1.165) is 0 Å². The lowest BCUT2D eigenvalue weighted by atomic mass is 9.78. The summed E-state index contributed by atoms with van der Waals surface area (Å²) in [6, 6.07) is 0. The molecule has 1 aliphatic heterocycles. The molecule has 0 aliphatic carbocycles. The maximum atomic E-state index is 11.2. The third kappa shape index (κ3) is 1.86. The van der Waals surface area contributed by atoms with Gasteiger partial charge in [0.05, 0.1) is 0 Å². The fourth-order valence-electron chi connectivity index (χ4n) is 1.29. The van der Waals surface area contributed by atoms with Gasteiger partial charge in [-0.15, -0.1) is 0 Å². The Morgan fingerprint density at radius 2 is 2.17 bits per heavy atom. The highest BCUT2D eigenvalue weighted by Crippen LogP contribution is 2.33. The van der Waals surface area contributed by atoms with Gasteiger partial charge in [-0.1, -0.05) is 20.8 Å². The minimum Gasteiger partial charge on any atom is -0.275 e. The third-order valence-electron chi connectivity index (χ3n) is 2.65. The van der Waals surface area contributed by atoms with Crippen LogP contribution < -0.4 is 4.72 Å². The normalized spacial score (nSPS) is 36.7. The number of carbonyl (C=O) groups is 1. The van der Waals surface area contributed by atoms with E-state index in [1.54, 1.807) is 0 Å². The average molecular weight is 189 g/mol. The summed E-state index contributed by atoms with van der Waals surface area (Å²) in [5.41, 5.74) is -0.0901. The molecule has 1 heterocycles.